The average Bonchev–Trinajstić information content (AvgIpc) is 2.87. The number of nitrogens with zero attached hydrogens (tertiary/aromatic N) is 1. The molecule has 0 aliphatic rings. The summed E-state index contributed by atoms with van der Waals surface area (Å²) in [5.41, 5.74) is 5.14. The highest BCUT2D eigenvalue weighted by Gasteiger charge is 2.23. The summed E-state index contributed by atoms with van der Waals surface area (Å²) in [6, 6.07) is 31.3. The van der Waals surface area contributed by atoms with Crippen molar-refractivity contribution in [3.63, 3.8) is 0 Å². The Labute approximate surface area is 201 Å². The summed E-state index contributed by atoms with van der Waals surface area (Å²) in [5.74, 6) is 1.89. The smallest absolute Gasteiger partial charge is 0.119 e. The second-order valence-electron chi connectivity index (χ2n) is 8.75. The normalized spacial score (nSPS) is 11.1. The van der Waals surface area contributed by atoms with Crippen molar-refractivity contribution in [1.29, 1.82) is 0 Å². The van der Waals surface area contributed by atoms with Gasteiger partial charge in [-0.1, -0.05) is 56.3 Å². The van der Waals surface area contributed by atoms with Crippen molar-refractivity contribution in [1.82, 2.24) is 0 Å². The fraction of sp³-hybridized carbons (Fsp3) is 0.167. The van der Waals surface area contributed by atoms with Crippen LogP contribution in [0, 0.1) is 0 Å². The van der Waals surface area contributed by atoms with Gasteiger partial charge >= 0.3 is 0 Å². The first-order valence-electron chi connectivity index (χ1n) is 11.2. The Kier molecular flexibility index (Phi) is 6.98. The van der Waals surface area contributed by atoms with E-state index in [4.69, 9.17) is 9.47 Å². The van der Waals surface area contributed by atoms with Crippen LogP contribution in [-0.4, -0.2) is 11.8 Å². The van der Waals surface area contributed by atoms with E-state index in [2.05, 4.69) is 49.8 Å². The van der Waals surface area contributed by atoms with Crippen molar-refractivity contribution in [2.45, 2.75) is 32.5 Å². The lowest BCUT2D eigenvalue weighted by Crippen LogP contribution is -2.18. The molecule has 0 spiro atoms. The van der Waals surface area contributed by atoms with Gasteiger partial charge in [0.1, 0.15) is 30.5 Å². The highest BCUT2D eigenvalue weighted by molar-refractivity contribution is 5.47. The Bertz CT molecular complexity index is 1230. The molecule has 172 valence electrons. The lowest BCUT2D eigenvalue weighted by atomic mass is 9.78. The van der Waals surface area contributed by atoms with Gasteiger partial charge in [0, 0.05) is 5.41 Å². The monoisotopic (exact) mass is 451 g/mol. The lowest BCUT2D eigenvalue weighted by molar-refractivity contribution is 0.300. The summed E-state index contributed by atoms with van der Waals surface area (Å²) in [6.45, 7) is 8.83. The Morgan fingerprint density at radius 2 is 1.18 bits per heavy atom. The molecule has 0 atom stereocenters. The van der Waals surface area contributed by atoms with E-state index in [0.29, 0.717) is 13.2 Å². The molecule has 4 nitrogen and oxygen atoms in total. The predicted molar refractivity (Wildman–Crippen MR) is 137 cm³/mol. The molecule has 0 aliphatic carbocycles. The minimum Gasteiger partial charge on any atom is -0.508 e. The van der Waals surface area contributed by atoms with E-state index in [0.717, 1.165) is 33.9 Å². The van der Waals surface area contributed by atoms with Crippen LogP contribution in [0.3, 0.4) is 0 Å². The van der Waals surface area contributed by atoms with Gasteiger partial charge in [0.2, 0.25) is 0 Å². The second-order valence-corrected chi connectivity index (χ2v) is 8.75. The number of hydrogen-bond acceptors (Lipinski definition) is 4. The first-order valence-corrected chi connectivity index (χ1v) is 11.2. The van der Waals surface area contributed by atoms with Crippen molar-refractivity contribution in [3.8, 4) is 17.2 Å². The van der Waals surface area contributed by atoms with E-state index in [1.54, 1.807) is 12.1 Å². The Morgan fingerprint density at radius 1 is 0.706 bits per heavy atom. The second kappa shape index (κ2) is 10.3. The zero-order valence-corrected chi connectivity index (χ0v) is 19.6. The molecule has 0 radical (unpaired) electrons. The standard InChI is InChI=1S/C30H29NO3/c1-30(2,24-7-13-27(32)14-8-24)25-9-15-28(16-10-25)33-20-22-5-4-6-23(19-22)21-34-29-17-11-26(31-3)12-18-29/h4-19,32H,3,20-21H2,1-2H3. The minimum absolute atomic E-state index is 0.178. The Balaban J connectivity index is 1.35. The maximum absolute atomic E-state index is 9.57. The number of aromatic hydroxyl groups is 1. The van der Waals surface area contributed by atoms with Crippen LogP contribution in [0.2, 0.25) is 0 Å². The van der Waals surface area contributed by atoms with Gasteiger partial charge in [-0.3, -0.25) is 4.99 Å². The van der Waals surface area contributed by atoms with E-state index < -0.39 is 0 Å². The van der Waals surface area contributed by atoms with Crippen LogP contribution in [0.5, 0.6) is 17.2 Å². The van der Waals surface area contributed by atoms with Crippen LogP contribution in [-0.2, 0) is 18.6 Å². The Hall–Kier alpha value is -4.05. The van der Waals surface area contributed by atoms with Crippen LogP contribution < -0.4 is 9.47 Å². The van der Waals surface area contributed by atoms with Crippen LogP contribution >= 0.6 is 0 Å². The van der Waals surface area contributed by atoms with Crippen molar-refractivity contribution in [3.05, 3.63) is 119 Å². The summed E-state index contributed by atoms with van der Waals surface area (Å²) in [6.07, 6.45) is 0. The molecule has 4 heteroatoms. The largest absolute Gasteiger partial charge is 0.508 e. The van der Waals surface area contributed by atoms with E-state index in [1.165, 1.54) is 5.56 Å². The molecule has 0 bridgehead atoms. The molecule has 0 unspecified atom stereocenters. The summed E-state index contributed by atoms with van der Waals surface area (Å²) in [7, 11) is 0. The molecule has 0 aliphatic heterocycles. The number of aliphatic imine (C=N–C) groups is 1. The first kappa shape index (κ1) is 23.1. The lowest BCUT2D eigenvalue weighted by Gasteiger charge is -2.26. The molecule has 1 N–H and O–H groups in total. The highest BCUT2D eigenvalue weighted by atomic mass is 16.5. The van der Waals surface area contributed by atoms with Gasteiger partial charge in [-0.2, -0.15) is 0 Å². The third-order valence-electron chi connectivity index (χ3n) is 5.99. The van der Waals surface area contributed by atoms with Crippen molar-refractivity contribution in [2.75, 3.05) is 0 Å². The van der Waals surface area contributed by atoms with Gasteiger partial charge in [-0.15, -0.1) is 0 Å². The van der Waals surface area contributed by atoms with Gasteiger partial charge in [-0.05, 0) is 83.6 Å². The number of phenolic OH excluding ortho intramolecular Hbond substituents is 1. The quantitative estimate of drug-likeness (QED) is 0.274. The predicted octanol–water partition coefficient (Wildman–Crippen LogP) is 7.21. The van der Waals surface area contributed by atoms with Crippen molar-refractivity contribution in [2.24, 2.45) is 4.99 Å². The van der Waals surface area contributed by atoms with Crippen LogP contribution in [0.1, 0.15) is 36.1 Å². The molecule has 0 aromatic heterocycles. The molecule has 4 aromatic rings. The minimum atomic E-state index is -0.178. The van der Waals surface area contributed by atoms with Gasteiger partial charge in [0.25, 0.3) is 0 Å². The molecule has 0 amide bonds. The number of benzene rings is 4. The van der Waals surface area contributed by atoms with Crippen LogP contribution in [0.4, 0.5) is 5.69 Å². The zero-order valence-electron chi connectivity index (χ0n) is 19.6. The van der Waals surface area contributed by atoms with Gasteiger partial charge in [-0.25, -0.2) is 0 Å². The van der Waals surface area contributed by atoms with Crippen LogP contribution in [0.25, 0.3) is 0 Å². The van der Waals surface area contributed by atoms with Crippen molar-refractivity contribution >= 4 is 12.4 Å². The number of phenols is 1. The van der Waals surface area contributed by atoms with E-state index in [1.807, 2.05) is 60.7 Å². The Morgan fingerprint density at radius 3 is 1.68 bits per heavy atom. The van der Waals surface area contributed by atoms with Crippen molar-refractivity contribution < 1.29 is 14.6 Å². The fourth-order valence-electron chi connectivity index (χ4n) is 3.80. The molecule has 0 saturated heterocycles. The van der Waals surface area contributed by atoms with Gasteiger partial charge in [0.05, 0.1) is 5.69 Å². The first-order chi connectivity index (χ1) is 16.4. The van der Waals surface area contributed by atoms with E-state index >= 15 is 0 Å². The van der Waals surface area contributed by atoms with Gasteiger partial charge in [0.15, 0.2) is 0 Å². The molecular weight excluding hydrogens is 422 g/mol. The molecule has 0 fully saturated rings. The number of ether oxygens (including phenoxy) is 2. The molecule has 0 heterocycles. The number of rotatable bonds is 9. The van der Waals surface area contributed by atoms with Crippen LogP contribution in [0.15, 0.2) is 102 Å². The SMILES string of the molecule is C=Nc1ccc(OCc2cccc(COc3ccc(C(C)(C)c4ccc(O)cc4)cc3)c2)cc1. The maximum Gasteiger partial charge on any atom is 0.119 e. The average molecular weight is 452 g/mol. The third-order valence-corrected chi connectivity index (χ3v) is 5.99. The van der Waals surface area contributed by atoms with E-state index in [9.17, 15) is 5.11 Å². The van der Waals surface area contributed by atoms with E-state index in [-0.39, 0.29) is 11.2 Å². The molecule has 4 rings (SSSR count). The molecular formula is C30H29NO3. The molecule has 4 aromatic carbocycles. The molecule has 0 saturated carbocycles. The zero-order chi connectivity index (χ0) is 24.0. The topological polar surface area (TPSA) is 51.0 Å². The summed E-state index contributed by atoms with van der Waals surface area (Å²) >= 11 is 0. The summed E-state index contributed by atoms with van der Waals surface area (Å²) in [4.78, 5) is 3.89. The molecule has 34 heavy (non-hydrogen) atoms. The summed E-state index contributed by atoms with van der Waals surface area (Å²) in [5, 5.41) is 9.57. The maximum atomic E-state index is 9.57. The summed E-state index contributed by atoms with van der Waals surface area (Å²) < 4.78 is 11.9. The third kappa shape index (κ3) is 5.65. The number of hydrogen-bond donors (Lipinski definition) is 1. The fourth-order valence-corrected chi connectivity index (χ4v) is 3.80. The van der Waals surface area contributed by atoms with Gasteiger partial charge < -0.3 is 14.6 Å². The highest BCUT2D eigenvalue weighted by Crippen LogP contribution is 2.33.